The molecule has 0 saturated carbocycles. The van der Waals surface area contributed by atoms with Gasteiger partial charge in [-0.05, 0) is 25.5 Å². The molecule has 0 aliphatic carbocycles. The number of aromatic nitrogens is 1. The van der Waals surface area contributed by atoms with Crippen LogP contribution >= 0.6 is 0 Å². The van der Waals surface area contributed by atoms with Crippen LogP contribution in [0.25, 0.3) is 0 Å². The number of pyridine rings is 1. The monoisotopic (exact) mass is 243 g/mol. The van der Waals surface area contributed by atoms with E-state index in [1.165, 1.54) is 5.56 Å². The summed E-state index contributed by atoms with van der Waals surface area (Å²) in [6, 6.07) is 9.64. The first kappa shape index (κ1) is 12.6. The van der Waals surface area contributed by atoms with Crippen molar-refractivity contribution in [1.29, 1.82) is 0 Å². The van der Waals surface area contributed by atoms with Crippen LogP contribution in [0.4, 0.5) is 0 Å². The van der Waals surface area contributed by atoms with Crippen molar-refractivity contribution in [3.8, 4) is 5.75 Å². The van der Waals surface area contributed by atoms with E-state index in [2.05, 4.69) is 4.98 Å². The molecule has 94 valence electrons. The van der Waals surface area contributed by atoms with Gasteiger partial charge in [0.15, 0.2) is 0 Å². The van der Waals surface area contributed by atoms with Crippen molar-refractivity contribution in [2.24, 2.45) is 0 Å². The number of benzene rings is 1. The Hall–Kier alpha value is -1.87. The number of aliphatic hydroxyl groups is 1. The zero-order valence-electron chi connectivity index (χ0n) is 10.6. The van der Waals surface area contributed by atoms with E-state index < -0.39 is 6.10 Å². The van der Waals surface area contributed by atoms with Crippen LogP contribution < -0.4 is 4.74 Å². The summed E-state index contributed by atoms with van der Waals surface area (Å²) in [7, 11) is 0. The lowest BCUT2D eigenvalue weighted by Crippen LogP contribution is -2.01. The van der Waals surface area contributed by atoms with E-state index in [9.17, 15) is 5.11 Å². The fourth-order valence-electron chi connectivity index (χ4n) is 1.77. The van der Waals surface area contributed by atoms with E-state index in [0.717, 1.165) is 11.1 Å². The second kappa shape index (κ2) is 5.65. The van der Waals surface area contributed by atoms with E-state index in [1.54, 1.807) is 12.4 Å². The number of aliphatic hydroxyl groups excluding tert-OH is 1. The Kier molecular flexibility index (Phi) is 3.95. The molecule has 0 radical (unpaired) electrons. The summed E-state index contributed by atoms with van der Waals surface area (Å²) in [5.74, 6) is 0.682. The number of hydrogen-bond acceptors (Lipinski definition) is 3. The largest absolute Gasteiger partial charge is 0.492 e. The van der Waals surface area contributed by atoms with Crippen molar-refractivity contribution >= 4 is 0 Å². The summed E-state index contributed by atoms with van der Waals surface area (Å²) in [6.45, 7) is 4.53. The van der Waals surface area contributed by atoms with Crippen LogP contribution in [0.5, 0.6) is 5.75 Å². The normalized spacial score (nSPS) is 12.2. The highest BCUT2D eigenvalue weighted by molar-refractivity contribution is 5.33. The zero-order chi connectivity index (χ0) is 13.0. The Labute approximate surface area is 107 Å². The molecule has 0 spiro atoms. The highest BCUT2D eigenvalue weighted by Crippen LogP contribution is 2.24. The van der Waals surface area contributed by atoms with Gasteiger partial charge >= 0.3 is 0 Å². The Morgan fingerprint density at radius 1 is 1.17 bits per heavy atom. The highest BCUT2D eigenvalue weighted by Gasteiger charge is 2.11. The van der Waals surface area contributed by atoms with Gasteiger partial charge in [-0.15, -0.1) is 0 Å². The van der Waals surface area contributed by atoms with Crippen LogP contribution in [-0.4, -0.2) is 16.7 Å². The van der Waals surface area contributed by atoms with Crippen molar-refractivity contribution in [2.75, 3.05) is 6.61 Å². The van der Waals surface area contributed by atoms with Gasteiger partial charge in [0.25, 0.3) is 0 Å². The van der Waals surface area contributed by atoms with Crippen LogP contribution in [-0.2, 0) is 0 Å². The number of hydrogen-bond donors (Lipinski definition) is 1. The van der Waals surface area contributed by atoms with E-state index in [1.807, 2.05) is 44.2 Å². The summed E-state index contributed by atoms with van der Waals surface area (Å²) >= 11 is 0. The Bertz CT molecular complexity index is 508. The first-order chi connectivity index (χ1) is 8.70. The SMILES string of the molecule is CCOc1cncc(C(O)c2ccc(C)cc2)c1. The number of rotatable bonds is 4. The topological polar surface area (TPSA) is 42.4 Å². The predicted octanol–water partition coefficient (Wildman–Crippen LogP) is 2.87. The molecule has 0 aliphatic rings. The van der Waals surface area contributed by atoms with Crippen molar-refractivity contribution in [2.45, 2.75) is 20.0 Å². The molecule has 3 nitrogen and oxygen atoms in total. The predicted molar refractivity (Wildman–Crippen MR) is 70.6 cm³/mol. The van der Waals surface area contributed by atoms with Crippen molar-refractivity contribution in [1.82, 2.24) is 4.98 Å². The number of aryl methyl sites for hydroxylation is 1. The molecule has 0 aliphatic heterocycles. The molecular formula is C15H17NO2. The molecule has 1 heterocycles. The Balaban J connectivity index is 2.24. The van der Waals surface area contributed by atoms with Crippen LogP contribution in [0, 0.1) is 6.92 Å². The molecule has 1 aromatic carbocycles. The van der Waals surface area contributed by atoms with Crippen LogP contribution in [0.2, 0.25) is 0 Å². The first-order valence-electron chi connectivity index (χ1n) is 6.03. The third-order valence-corrected chi connectivity index (χ3v) is 2.75. The maximum absolute atomic E-state index is 10.3. The third-order valence-electron chi connectivity index (χ3n) is 2.75. The van der Waals surface area contributed by atoms with Crippen molar-refractivity contribution in [3.63, 3.8) is 0 Å². The fourth-order valence-corrected chi connectivity index (χ4v) is 1.77. The van der Waals surface area contributed by atoms with Crippen LogP contribution in [0.3, 0.4) is 0 Å². The summed E-state index contributed by atoms with van der Waals surface area (Å²) in [5.41, 5.74) is 2.77. The van der Waals surface area contributed by atoms with Gasteiger partial charge in [0, 0.05) is 11.8 Å². The molecule has 0 saturated heterocycles. The molecule has 1 unspecified atom stereocenters. The quantitative estimate of drug-likeness (QED) is 0.897. The molecule has 1 aromatic heterocycles. The molecule has 3 heteroatoms. The van der Waals surface area contributed by atoms with Crippen molar-refractivity contribution in [3.05, 3.63) is 59.4 Å². The number of ether oxygens (including phenoxy) is 1. The smallest absolute Gasteiger partial charge is 0.137 e. The molecule has 2 rings (SSSR count). The molecular weight excluding hydrogens is 226 g/mol. The fraction of sp³-hybridized carbons (Fsp3) is 0.267. The number of nitrogens with zero attached hydrogens (tertiary/aromatic N) is 1. The Morgan fingerprint density at radius 3 is 2.56 bits per heavy atom. The maximum atomic E-state index is 10.3. The van der Waals surface area contributed by atoms with Gasteiger partial charge in [0.2, 0.25) is 0 Å². The lowest BCUT2D eigenvalue weighted by molar-refractivity contribution is 0.219. The minimum Gasteiger partial charge on any atom is -0.492 e. The van der Waals surface area contributed by atoms with Gasteiger partial charge in [0.05, 0.1) is 12.8 Å². The average molecular weight is 243 g/mol. The van der Waals surface area contributed by atoms with Crippen LogP contribution in [0.1, 0.15) is 29.7 Å². The standard InChI is InChI=1S/C15H17NO2/c1-3-18-14-8-13(9-16-10-14)15(17)12-6-4-11(2)5-7-12/h4-10,15,17H,3H2,1-2H3. The minimum absolute atomic E-state index is 0.589. The van der Waals surface area contributed by atoms with E-state index >= 15 is 0 Å². The summed E-state index contributed by atoms with van der Waals surface area (Å²) in [4.78, 5) is 4.08. The summed E-state index contributed by atoms with van der Waals surface area (Å²) in [5, 5.41) is 10.3. The molecule has 18 heavy (non-hydrogen) atoms. The molecule has 1 N–H and O–H groups in total. The third kappa shape index (κ3) is 2.87. The van der Waals surface area contributed by atoms with E-state index in [-0.39, 0.29) is 0 Å². The van der Waals surface area contributed by atoms with E-state index in [4.69, 9.17) is 4.74 Å². The molecule has 0 fully saturated rings. The molecule has 1 atom stereocenters. The highest BCUT2D eigenvalue weighted by atomic mass is 16.5. The van der Waals surface area contributed by atoms with Gasteiger partial charge in [-0.3, -0.25) is 4.98 Å². The van der Waals surface area contributed by atoms with Gasteiger partial charge in [-0.2, -0.15) is 0 Å². The summed E-state index contributed by atoms with van der Waals surface area (Å²) in [6.07, 6.45) is 2.64. The lowest BCUT2D eigenvalue weighted by atomic mass is 10.0. The second-order valence-electron chi connectivity index (χ2n) is 4.20. The Morgan fingerprint density at radius 2 is 1.89 bits per heavy atom. The van der Waals surface area contributed by atoms with Gasteiger partial charge in [-0.1, -0.05) is 29.8 Å². The van der Waals surface area contributed by atoms with Crippen LogP contribution in [0.15, 0.2) is 42.7 Å². The zero-order valence-corrected chi connectivity index (χ0v) is 10.6. The van der Waals surface area contributed by atoms with Gasteiger partial charge in [-0.25, -0.2) is 0 Å². The lowest BCUT2D eigenvalue weighted by Gasteiger charge is -2.12. The minimum atomic E-state index is -0.668. The maximum Gasteiger partial charge on any atom is 0.137 e. The van der Waals surface area contributed by atoms with E-state index in [0.29, 0.717) is 12.4 Å². The molecule has 0 bridgehead atoms. The van der Waals surface area contributed by atoms with Gasteiger partial charge < -0.3 is 9.84 Å². The van der Waals surface area contributed by atoms with Crippen molar-refractivity contribution < 1.29 is 9.84 Å². The second-order valence-corrected chi connectivity index (χ2v) is 4.20. The molecule has 2 aromatic rings. The average Bonchev–Trinajstić information content (AvgIpc) is 2.39. The molecule has 0 amide bonds. The van der Waals surface area contributed by atoms with Gasteiger partial charge in [0.1, 0.15) is 11.9 Å². The summed E-state index contributed by atoms with van der Waals surface area (Å²) < 4.78 is 5.38. The first-order valence-corrected chi connectivity index (χ1v) is 6.03.